The second-order valence-electron chi connectivity index (χ2n) is 4.68. The highest BCUT2D eigenvalue weighted by molar-refractivity contribution is 6.13. The molecule has 1 amide bonds. The number of anilines is 2. The first-order valence-corrected chi connectivity index (χ1v) is 6.50. The minimum Gasteiger partial charge on any atom is -0.384 e. The molecular weight excluding hydrogens is 264 g/mol. The highest BCUT2D eigenvalue weighted by atomic mass is 16.2. The van der Waals surface area contributed by atoms with Gasteiger partial charge in [0.05, 0.1) is 11.1 Å². The summed E-state index contributed by atoms with van der Waals surface area (Å²) in [7, 11) is 1.73. The molecule has 0 saturated carbocycles. The van der Waals surface area contributed by atoms with Crippen molar-refractivity contribution in [3.8, 4) is 0 Å². The molecule has 0 fully saturated rings. The van der Waals surface area contributed by atoms with Crippen LogP contribution in [0.1, 0.15) is 10.4 Å². The molecule has 0 bridgehead atoms. The molecule has 0 saturated heterocycles. The van der Waals surface area contributed by atoms with Gasteiger partial charge in [0, 0.05) is 30.5 Å². The number of nitrogens with zero attached hydrogens (tertiary/aromatic N) is 3. The van der Waals surface area contributed by atoms with E-state index in [1.165, 1.54) is 0 Å². The van der Waals surface area contributed by atoms with E-state index in [1.54, 1.807) is 42.5 Å². The number of carbonyl (C=O) groups is 1. The summed E-state index contributed by atoms with van der Waals surface area (Å²) < 4.78 is 0. The molecule has 0 aliphatic rings. The van der Waals surface area contributed by atoms with Crippen LogP contribution < -0.4 is 10.6 Å². The van der Waals surface area contributed by atoms with Crippen LogP contribution >= 0.6 is 0 Å². The number of para-hydroxylation sites is 1. The Morgan fingerprint density at radius 3 is 2.62 bits per heavy atom. The molecule has 21 heavy (non-hydrogen) atoms. The fourth-order valence-corrected chi connectivity index (χ4v) is 2.24. The van der Waals surface area contributed by atoms with Gasteiger partial charge in [0.2, 0.25) is 0 Å². The maximum Gasteiger partial charge on any atom is 0.258 e. The van der Waals surface area contributed by atoms with E-state index in [4.69, 9.17) is 5.73 Å². The van der Waals surface area contributed by atoms with Gasteiger partial charge in [-0.3, -0.25) is 9.78 Å². The van der Waals surface area contributed by atoms with Crippen LogP contribution in [-0.4, -0.2) is 22.9 Å². The number of amides is 1. The number of pyridine rings is 2. The molecule has 3 rings (SSSR count). The molecule has 1 aromatic carbocycles. The Balaban J connectivity index is 2.10. The summed E-state index contributed by atoms with van der Waals surface area (Å²) in [4.78, 5) is 22.5. The lowest BCUT2D eigenvalue weighted by Crippen LogP contribution is -2.26. The topological polar surface area (TPSA) is 72.1 Å². The molecule has 0 aliphatic heterocycles. The zero-order valence-electron chi connectivity index (χ0n) is 11.5. The summed E-state index contributed by atoms with van der Waals surface area (Å²) in [5.74, 6) is 0.201. The molecule has 2 heterocycles. The number of hydrogen-bond donors (Lipinski definition) is 1. The Hall–Kier alpha value is -2.95. The van der Waals surface area contributed by atoms with Gasteiger partial charge in [0.25, 0.3) is 5.91 Å². The predicted octanol–water partition coefficient (Wildman–Crippen LogP) is 2.49. The van der Waals surface area contributed by atoms with Crippen LogP contribution in [0.4, 0.5) is 11.5 Å². The first-order valence-electron chi connectivity index (χ1n) is 6.50. The van der Waals surface area contributed by atoms with Crippen molar-refractivity contribution in [3.63, 3.8) is 0 Å². The van der Waals surface area contributed by atoms with Crippen LogP contribution in [-0.2, 0) is 0 Å². The zero-order chi connectivity index (χ0) is 14.8. The number of benzene rings is 1. The Morgan fingerprint density at radius 2 is 1.86 bits per heavy atom. The lowest BCUT2D eigenvalue weighted by atomic mass is 10.1. The minimum atomic E-state index is -0.133. The van der Waals surface area contributed by atoms with Crippen molar-refractivity contribution in [1.29, 1.82) is 0 Å². The van der Waals surface area contributed by atoms with E-state index in [2.05, 4.69) is 9.97 Å². The second-order valence-corrected chi connectivity index (χ2v) is 4.68. The van der Waals surface area contributed by atoms with Gasteiger partial charge < -0.3 is 10.6 Å². The number of nitrogens with two attached hydrogens (primary N) is 1. The van der Waals surface area contributed by atoms with Gasteiger partial charge in [-0.05, 0) is 24.3 Å². The molecule has 3 aromatic rings. The van der Waals surface area contributed by atoms with Crippen LogP contribution in [0.5, 0.6) is 0 Å². The lowest BCUT2D eigenvalue weighted by molar-refractivity contribution is 0.0994. The SMILES string of the molecule is CN(C(=O)c1cc(N)nc2ccccc12)c1ccncc1. The Morgan fingerprint density at radius 1 is 1.14 bits per heavy atom. The molecule has 104 valence electrons. The van der Waals surface area contributed by atoms with Crippen LogP contribution in [0.15, 0.2) is 54.9 Å². The molecule has 0 spiro atoms. The molecule has 2 aromatic heterocycles. The molecule has 5 heteroatoms. The van der Waals surface area contributed by atoms with Crippen LogP contribution in [0.3, 0.4) is 0 Å². The standard InChI is InChI=1S/C16H14N4O/c1-20(11-6-8-18-9-7-11)16(21)13-10-15(17)19-14-5-3-2-4-12(13)14/h2-10H,1H3,(H2,17,19). The molecule has 0 radical (unpaired) electrons. The first kappa shape index (κ1) is 13.1. The van der Waals surface area contributed by atoms with Crippen molar-refractivity contribution in [2.75, 3.05) is 17.7 Å². The van der Waals surface area contributed by atoms with E-state index in [1.807, 2.05) is 24.3 Å². The summed E-state index contributed by atoms with van der Waals surface area (Å²) in [6.07, 6.45) is 3.30. The van der Waals surface area contributed by atoms with Gasteiger partial charge >= 0.3 is 0 Å². The van der Waals surface area contributed by atoms with Gasteiger partial charge in [0.1, 0.15) is 5.82 Å². The summed E-state index contributed by atoms with van der Waals surface area (Å²) in [6, 6.07) is 12.6. The van der Waals surface area contributed by atoms with Gasteiger partial charge in [-0.2, -0.15) is 0 Å². The number of fused-ring (bicyclic) bond motifs is 1. The number of hydrogen-bond acceptors (Lipinski definition) is 4. The van der Waals surface area contributed by atoms with E-state index in [0.717, 1.165) is 11.1 Å². The zero-order valence-corrected chi connectivity index (χ0v) is 11.5. The number of nitrogen functional groups attached to an aromatic ring is 1. The van der Waals surface area contributed by atoms with Crippen molar-refractivity contribution in [1.82, 2.24) is 9.97 Å². The molecule has 0 aliphatic carbocycles. The number of rotatable bonds is 2. The monoisotopic (exact) mass is 278 g/mol. The van der Waals surface area contributed by atoms with Crippen molar-refractivity contribution in [2.45, 2.75) is 0 Å². The Labute approximate surface area is 122 Å². The third-order valence-electron chi connectivity index (χ3n) is 3.32. The third-order valence-corrected chi connectivity index (χ3v) is 3.32. The predicted molar refractivity (Wildman–Crippen MR) is 83.1 cm³/mol. The molecule has 0 atom stereocenters. The number of aromatic nitrogens is 2. The summed E-state index contributed by atoms with van der Waals surface area (Å²) in [5.41, 5.74) is 7.83. The van der Waals surface area contributed by atoms with Gasteiger partial charge in [-0.1, -0.05) is 18.2 Å². The average molecular weight is 278 g/mol. The summed E-state index contributed by atoms with van der Waals surface area (Å²) >= 11 is 0. The van der Waals surface area contributed by atoms with Gasteiger partial charge in [0.15, 0.2) is 0 Å². The fraction of sp³-hybridized carbons (Fsp3) is 0.0625. The van der Waals surface area contributed by atoms with Crippen molar-refractivity contribution in [3.05, 3.63) is 60.4 Å². The van der Waals surface area contributed by atoms with E-state index >= 15 is 0 Å². The Kier molecular flexibility index (Phi) is 3.23. The molecule has 0 unspecified atom stereocenters. The van der Waals surface area contributed by atoms with E-state index in [-0.39, 0.29) is 5.91 Å². The maximum absolute atomic E-state index is 12.7. The maximum atomic E-state index is 12.7. The Bertz CT molecular complexity index is 802. The normalized spacial score (nSPS) is 10.5. The van der Waals surface area contributed by atoms with Crippen molar-refractivity contribution >= 4 is 28.3 Å². The summed E-state index contributed by atoms with van der Waals surface area (Å²) in [5, 5.41) is 0.789. The minimum absolute atomic E-state index is 0.133. The molecule has 2 N–H and O–H groups in total. The first-order chi connectivity index (χ1) is 10.2. The third kappa shape index (κ3) is 2.41. The van der Waals surface area contributed by atoms with Crippen molar-refractivity contribution < 1.29 is 4.79 Å². The number of carbonyl (C=O) groups excluding carboxylic acids is 1. The quantitative estimate of drug-likeness (QED) is 0.781. The highest BCUT2D eigenvalue weighted by Crippen LogP contribution is 2.22. The van der Waals surface area contributed by atoms with E-state index < -0.39 is 0 Å². The van der Waals surface area contributed by atoms with E-state index in [9.17, 15) is 4.79 Å². The smallest absolute Gasteiger partial charge is 0.258 e. The molecular formula is C16H14N4O. The molecule has 5 nitrogen and oxygen atoms in total. The van der Waals surface area contributed by atoms with Gasteiger partial charge in [-0.15, -0.1) is 0 Å². The second kappa shape index (κ2) is 5.20. The fourth-order valence-electron chi connectivity index (χ4n) is 2.24. The largest absolute Gasteiger partial charge is 0.384 e. The highest BCUT2D eigenvalue weighted by Gasteiger charge is 2.17. The summed E-state index contributed by atoms with van der Waals surface area (Å²) in [6.45, 7) is 0. The van der Waals surface area contributed by atoms with Gasteiger partial charge in [-0.25, -0.2) is 4.98 Å². The van der Waals surface area contributed by atoms with Crippen LogP contribution in [0.2, 0.25) is 0 Å². The van der Waals surface area contributed by atoms with Crippen molar-refractivity contribution in [2.24, 2.45) is 0 Å². The average Bonchev–Trinajstić information content (AvgIpc) is 2.53. The lowest BCUT2D eigenvalue weighted by Gasteiger charge is -2.18. The van der Waals surface area contributed by atoms with E-state index in [0.29, 0.717) is 16.9 Å². The van der Waals surface area contributed by atoms with Crippen LogP contribution in [0.25, 0.3) is 10.9 Å². The van der Waals surface area contributed by atoms with Crippen LogP contribution in [0, 0.1) is 0 Å².